The highest BCUT2D eigenvalue weighted by atomic mass is 35.5. The van der Waals surface area contributed by atoms with Crippen molar-refractivity contribution in [2.24, 2.45) is 0 Å². The van der Waals surface area contributed by atoms with Crippen LogP contribution in [0.25, 0.3) is 0 Å². The van der Waals surface area contributed by atoms with Gasteiger partial charge >= 0.3 is 0 Å². The molecule has 3 aromatic carbocycles. The van der Waals surface area contributed by atoms with E-state index in [-0.39, 0.29) is 20.6 Å². The summed E-state index contributed by atoms with van der Waals surface area (Å²) in [5.41, 5.74) is 2.43. The van der Waals surface area contributed by atoms with Crippen LogP contribution < -0.4 is 14.4 Å². The number of anilines is 2. The molecule has 0 saturated heterocycles. The number of aryl methyl sites for hydroxylation is 2. The Morgan fingerprint density at radius 2 is 1.53 bits per heavy atom. The molecule has 0 heterocycles. The minimum atomic E-state index is -4.09. The fourth-order valence-electron chi connectivity index (χ4n) is 3.08. The number of hydrogen-bond acceptors (Lipinski definition) is 4. The van der Waals surface area contributed by atoms with Crippen LogP contribution in [0, 0.1) is 13.8 Å². The number of amides is 1. The number of hydrogen-bond donors (Lipinski definition) is 1. The van der Waals surface area contributed by atoms with Crippen LogP contribution in [0.1, 0.15) is 11.1 Å². The van der Waals surface area contributed by atoms with Gasteiger partial charge in [-0.15, -0.1) is 0 Å². The molecule has 32 heavy (non-hydrogen) atoms. The van der Waals surface area contributed by atoms with Gasteiger partial charge in [0.15, 0.2) is 0 Å². The fraction of sp³-hybridized carbons (Fsp3) is 0.174. The van der Waals surface area contributed by atoms with Crippen LogP contribution in [0.2, 0.25) is 10.0 Å². The molecule has 0 spiro atoms. The largest absolute Gasteiger partial charge is 0.495 e. The van der Waals surface area contributed by atoms with E-state index in [2.05, 4.69) is 5.32 Å². The van der Waals surface area contributed by atoms with Gasteiger partial charge in [0.05, 0.1) is 23.4 Å². The number of carbonyl (C=O) groups is 1. The molecule has 0 aliphatic rings. The van der Waals surface area contributed by atoms with Crippen LogP contribution in [0.4, 0.5) is 11.4 Å². The lowest BCUT2D eigenvalue weighted by molar-refractivity contribution is -0.114. The fourth-order valence-corrected chi connectivity index (χ4v) is 4.99. The van der Waals surface area contributed by atoms with Crippen molar-refractivity contribution in [3.05, 3.63) is 81.8 Å². The summed E-state index contributed by atoms with van der Waals surface area (Å²) in [6.45, 7) is 3.23. The van der Waals surface area contributed by atoms with Crippen LogP contribution in [0.15, 0.2) is 65.6 Å². The van der Waals surface area contributed by atoms with Crippen molar-refractivity contribution in [2.45, 2.75) is 18.7 Å². The summed E-state index contributed by atoms with van der Waals surface area (Å²) in [6, 6.07) is 16.0. The van der Waals surface area contributed by atoms with Crippen LogP contribution in [0.3, 0.4) is 0 Å². The molecule has 0 aliphatic heterocycles. The van der Waals surface area contributed by atoms with Gasteiger partial charge in [-0.25, -0.2) is 8.42 Å². The van der Waals surface area contributed by atoms with E-state index >= 15 is 0 Å². The lowest BCUT2D eigenvalue weighted by atomic mass is 10.2. The van der Waals surface area contributed by atoms with Gasteiger partial charge in [-0.3, -0.25) is 9.10 Å². The first-order valence-electron chi connectivity index (χ1n) is 9.60. The maximum absolute atomic E-state index is 13.5. The number of ether oxygens (including phenoxy) is 1. The molecular formula is C23H22Cl2N2O4S. The summed E-state index contributed by atoms with van der Waals surface area (Å²) < 4.78 is 33.2. The molecule has 9 heteroatoms. The number of rotatable bonds is 7. The molecule has 168 valence electrons. The second-order valence-electron chi connectivity index (χ2n) is 7.20. The Balaban J connectivity index is 2.00. The minimum absolute atomic E-state index is 0.0418. The number of halogens is 2. The summed E-state index contributed by atoms with van der Waals surface area (Å²) >= 11 is 12.2. The molecule has 3 aromatic rings. The SMILES string of the molecule is COc1ccc(C)cc1NC(=O)CN(c1cc(Cl)cc(Cl)c1)S(=O)(=O)c1ccc(C)cc1. The zero-order valence-corrected chi connectivity index (χ0v) is 20.1. The second-order valence-corrected chi connectivity index (χ2v) is 9.94. The summed E-state index contributed by atoms with van der Waals surface area (Å²) in [7, 11) is -2.60. The van der Waals surface area contributed by atoms with Crippen molar-refractivity contribution in [3.63, 3.8) is 0 Å². The maximum Gasteiger partial charge on any atom is 0.264 e. The normalized spacial score (nSPS) is 11.2. The second kappa shape index (κ2) is 9.81. The first-order valence-corrected chi connectivity index (χ1v) is 11.8. The third kappa shape index (κ3) is 5.54. The topological polar surface area (TPSA) is 75.7 Å². The Labute approximate surface area is 197 Å². The maximum atomic E-state index is 13.5. The number of methoxy groups -OCH3 is 1. The van der Waals surface area contributed by atoms with Crippen molar-refractivity contribution in [1.82, 2.24) is 0 Å². The highest BCUT2D eigenvalue weighted by Crippen LogP contribution is 2.30. The molecular weight excluding hydrogens is 471 g/mol. The van der Waals surface area contributed by atoms with E-state index in [0.29, 0.717) is 11.4 Å². The molecule has 1 N–H and O–H groups in total. The molecule has 0 radical (unpaired) electrons. The average molecular weight is 493 g/mol. The summed E-state index contributed by atoms with van der Waals surface area (Å²) in [5.74, 6) is -0.0941. The summed E-state index contributed by atoms with van der Waals surface area (Å²) in [4.78, 5) is 13.0. The molecule has 0 aliphatic carbocycles. The van der Waals surface area contributed by atoms with E-state index in [9.17, 15) is 13.2 Å². The first-order chi connectivity index (χ1) is 15.1. The lowest BCUT2D eigenvalue weighted by Gasteiger charge is -2.25. The highest BCUT2D eigenvalue weighted by molar-refractivity contribution is 7.92. The molecule has 0 saturated carbocycles. The average Bonchev–Trinajstić information content (AvgIpc) is 2.71. The van der Waals surface area contributed by atoms with Crippen molar-refractivity contribution >= 4 is 50.5 Å². The van der Waals surface area contributed by atoms with E-state index in [1.54, 1.807) is 24.3 Å². The third-order valence-corrected chi connectivity index (χ3v) is 6.89. The molecule has 0 aromatic heterocycles. The Morgan fingerprint density at radius 3 is 2.12 bits per heavy atom. The Bertz CT molecular complexity index is 1230. The molecule has 3 rings (SSSR count). The van der Waals surface area contributed by atoms with Gasteiger partial charge in [0.2, 0.25) is 5.91 Å². The lowest BCUT2D eigenvalue weighted by Crippen LogP contribution is -2.38. The van der Waals surface area contributed by atoms with Crippen LogP contribution in [-0.4, -0.2) is 28.0 Å². The van der Waals surface area contributed by atoms with Crippen LogP contribution in [-0.2, 0) is 14.8 Å². The number of nitrogens with zero attached hydrogens (tertiary/aromatic N) is 1. The zero-order valence-electron chi connectivity index (χ0n) is 17.7. The number of nitrogens with one attached hydrogen (secondary N) is 1. The van der Waals surface area contributed by atoms with Crippen molar-refractivity contribution in [3.8, 4) is 5.75 Å². The van der Waals surface area contributed by atoms with Gasteiger partial charge < -0.3 is 10.1 Å². The Hall–Kier alpha value is -2.74. The van der Waals surface area contributed by atoms with Gasteiger partial charge in [-0.1, -0.05) is 47.0 Å². The third-order valence-electron chi connectivity index (χ3n) is 4.66. The highest BCUT2D eigenvalue weighted by Gasteiger charge is 2.28. The molecule has 0 fully saturated rings. The first kappa shape index (κ1) is 23.9. The van der Waals surface area contributed by atoms with Gasteiger partial charge in [-0.2, -0.15) is 0 Å². The number of carbonyl (C=O) groups excluding carboxylic acids is 1. The van der Waals surface area contributed by atoms with Crippen molar-refractivity contribution in [2.75, 3.05) is 23.3 Å². The predicted octanol–water partition coefficient (Wildman–Crippen LogP) is 5.45. The molecule has 0 atom stereocenters. The monoisotopic (exact) mass is 492 g/mol. The standard InChI is InChI=1S/C23H22Cl2N2O4S/c1-15-4-7-20(8-5-15)32(29,30)27(19-12-17(24)11-18(25)13-19)14-23(28)26-21-10-16(2)6-9-22(21)31-3/h4-13H,14H2,1-3H3,(H,26,28). The van der Waals surface area contributed by atoms with Crippen molar-refractivity contribution in [1.29, 1.82) is 0 Å². The Kier molecular flexibility index (Phi) is 7.33. The molecule has 1 amide bonds. The van der Waals surface area contributed by atoms with Gasteiger partial charge in [0.25, 0.3) is 10.0 Å². The zero-order chi connectivity index (χ0) is 23.5. The van der Waals surface area contributed by atoms with E-state index in [4.69, 9.17) is 27.9 Å². The quantitative estimate of drug-likeness (QED) is 0.475. The van der Waals surface area contributed by atoms with Gasteiger partial charge in [0, 0.05) is 10.0 Å². The van der Waals surface area contributed by atoms with Gasteiger partial charge in [-0.05, 0) is 61.9 Å². The van der Waals surface area contributed by atoms with E-state index in [1.807, 2.05) is 19.9 Å². The van der Waals surface area contributed by atoms with E-state index < -0.39 is 22.5 Å². The van der Waals surface area contributed by atoms with Crippen molar-refractivity contribution < 1.29 is 17.9 Å². The van der Waals surface area contributed by atoms with E-state index in [0.717, 1.165) is 15.4 Å². The molecule has 0 bridgehead atoms. The molecule has 0 unspecified atom stereocenters. The van der Waals surface area contributed by atoms with E-state index in [1.165, 1.54) is 37.4 Å². The minimum Gasteiger partial charge on any atom is -0.495 e. The molecule has 6 nitrogen and oxygen atoms in total. The smallest absolute Gasteiger partial charge is 0.264 e. The van der Waals surface area contributed by atoms with Gasteiger partial charge in [0.1, 0.15) is 12.3 Å². The Morgan fingerprint density at radius 1 is 0.938 bits per heavy atom. The van der Waals surface area contributed by atoms with Crippen LogP contribution >= 0.6 is 23.2 Å². The summed E-state index contributed by atoms with van der Waals surface area (Å²) in [5, 5.41) is 3.22. The van der Waals surface area contributed by atoms with Crippen LogP contribution in [0.5, 0.6) is 5.75 Å². The predicted molar refractivity (Wildman–Crippen MR) is 129 cm³/mol. The summed E-state index contributed by atoms with van der Waals surface area (Å²) in [6.07, 6.45) is 0. The number of sulfonamides is 1. The number of benzene rings is 3.